The van der Waals surface area contributed by atoms with Crippen molar-refractivity contribution < 1.29 is 18.7 Å². The molecule has 0 aliphatic carbocycles. The highest BCUT2D eigenvalue weighted by atomic mass is 19.2. The third kappa shape index (κ3) is 2.12. The number of aliphatic hydroxyl groups is 1. The summed E-state index contributed by atoms with van der Waals surface area (Å²) in [6.45, 7) is 0.286. The summed E-state index contributed by atoms with van der Waals surface area (Å²) in [6.07, 6.45) is 2.49. The van der Waals surface area contributed by atoms with Crippen molar-refractivity contribution in [2.75, 3.05) is 13.2 Å². The zero-order chi connectivity index (χ0) is 12.4. The lowest BCUT2D eigenvalue weighted by Crippen LogP contribution is -2.38. The van der Waals surface area contributed by atoms with Crippen LogP contribution in [-0.4, -0.2) is 40.1 Å². The zero-order valence-corrected chi connectivity index (χ0v) is 9.07. The fraction of sp³-hybridized carbons (Fsp3) is 0.455. The minimum Gasteiger partial charge on any atom is -0.394 e. The van der Waals surface area contributed by atoms with Crippen molar-refractivity contribution in [3.63, 3.8) is 0 Å². The number of aromatic nitrogens is 1. The Bertz CT molecular complexity index is 439. The Morgan fingerprint density at radius 1 is 1.59 bits per heavy atom. The molecule has 1 aromatic rings. The smallest absolute Gasteiger partial charge is 0.257 e. The standard InChI is InChI=1S/C11H12F2N2O2/c12-9-8(3-4-14-10(9)13)11(17)15-5-1-2-7(15)6-16/h3-4,7,16H,1-2,5-6H2/t7-/m0/s1. The van der Waals surface area contributed by atoms with Crippen LogP contribution in [0.1, 0.15) is 23.2 Å². The van der Waals surface area contributed by atoms with E-state index in [2.05, 4.69) is 4.98 Å². The fourth-order valence-electron chi connectivity index (χ4n) is 2.03. The van der Waals surface area contributed by atoms with Gasteiger partial charge in [0, 0.05) is 12.7 Å². The van der Waals surface area contributed by atoms with Gasteiger partial charge in [-0.3, -0.25) is 4.79 Å². The zero-order valence-electron chi connectivity index (χ0n) is 9.07. The van der Waals surface area contributed by atoms with Crippen LogP contribution in [0.5, 0.6) is 0 Å². The first-order valence-electron chi connectivity index (χ1n) is 5.37. The first kappa shape index (κ1) is 11.9. The normalized spacial score (nSPS) is 19.7. The number of aliphatic hydroxyl groups excluding tert-OH is 1. The molecule has 92 valence electrons. The van der Waals surface area contributed by atoms with Crippen LogP contribution in [0, 0.1) is 11.8 Å². The average molecular weight is 242 g/mol. The summed E-state index contributed by atoms with van der Waals surface area (Å²) in [5, 5.41) is 9.08. The van der Waals surface area contributed by atoms with E-state index in [0.29, 0.717) is 13.0 Å². The Labute approximate surface area is 96.9 Å². The van der Waals surface area contributed by atoms with Crippen molar-refractivity contribution in [2.24, 2.45) is 0 Å². The summed E-state index contributed by atoms with van der Waals surface area (Å²) in [4.78, 5) is 16.5. The van der Waals surface area contributed by atoms with Crippen molar-refractivity contribution >= 4 is 5.91 Å². The number of likely N-dealkylation sites (tertiary alicyclic amines) is 1. The van der Waals surface area contributed by atoms with E-state index in [1.54, 1.807) is 0 Å². The molecule has 1 saturated heterocycles. The van der Waals surface area contributed by atoms with Crippen molar-refractivity contribution in [1.29, 1.82) is 0 Å². The summed E-state index contributed by atoms with van der Waals surface area (Å²) >= 11 is 0. The monoisotopic (exact) mass is 242 g/mol. The minimum atomic E-state index is -1.28. The molecule has 0 saturated carbocycles. The number of nitrogens with zero attached hydrogens (tertiary/aromatic N) is 2. The lowest BCUT2D eigenvalue weighted by molar-refractivity contribution is 0.0671. The van der Waals surface area contributed by atoms with Gasteiger partial charge in [-0.15, -0.1) is 0 Å². The Kier molecular flexibility index (Phi) is 3.33. The molecule has 1 N–H and O–H groups in total. The van der Waals surface area contributed by atoms with Crippen LogP contribution < -0.4 is 0 Å². The quantitative estimate of drug-likeness (QED) is 0.786. The summed E-state index contributed by atoms with van der Waals surface area (Å²) < 4.78 is 26.3. The number of hydrogen-bond donors (Lipinski definition) is 1. The van der Waals surface area contributed by atoms with Crippen molar-refractivity contribution in [3.05, 3.63) is 29.6 Å². The number of amides is 1. The van der Waals surface area contributed by atoms with Gasteiger partial charge in [0.05, 0.1) is 18.2 Å². The maximum atomic E-state index is 13.4. The lowest BCUT2D eigenvalue weighted by atomic mass is 10.2. The molecule has 1 aliphatic heterocycles. The summed E-state index contributed by atoms with van der Waals surface area (Å²) in [6, 6.07) is 0.839. The number of carbonyl (C=O) groups excluding carboxylic acids is 1. The molecule has 0 bridgehead atoms. The fourth-order valence-corrected chi connectivity index (χ4v) is 2.03. The predicted molar refractivity (Wildman–Crippen MR) is 55.3 cm³/mol. The van der Waals surface area contributed by atoms with E-state index in [9.17, 15) is 13.6 Å². The number of rotatable bonds is 2. The van der Waals surface area contributed by atoms with Gasteiger partial charge in [-0.2, -0.15) is 4.39 Å². The molecule has 0 unspecified atom stereocenters. The molecule has 0 radical (unpaired) electrons. The molecular formula is C11H12F2N2O2. The van der Waals surface area contributed by atoms with Crippen molar-refractivity contribution in [3.8, 4) is 0 Å². The van der Waals surface area contributed by atoms with Crippen LogP contribution in [0.4, 0.5) is 8.78 Å². The second kappa shape index (κ2) is 4.75. The number of carbonyl (C=O) groups is 1. The third-order valence-electron chi connectivity index (χ3n) is 2.93. The van der Waals surface area contributed by atoms with Gasteiger partial charge in [-0.25, -0.2) is 9.37 Å². The average Bonchev–Trinajstić information content (AvgIpc) is 2.80. The highest BCUT2D eigenvalue weighted by Crippen LogP contribution is 2.21. The first-order chi connectivity index (χ1) is 8.15. The molecule has 0 spiro atoms. The number of halogens is 2. The Hall–Kier alpha value is -1.56. The van der Waals surface area contributed by atoms with Crippen LogP contribution in [0.3, 0.4) is 0 Å². The van der Waals surface area contributed by atoms with Gasteiger partial charge in [-0.05, 0) is 18.9 Å². The maximum Gasteiger partial charge on any atom is 0.257 e. The van der Waals surface area contributed by atoms with E-state index in [4.69, 9.17) is 5.11 Å². The van der Waals surface area contributed by atoms with Crippen LogP contribution >= 0.6 is 0 Å². The highest BCUT2D eigenvalue weighted by Gasteiger charge is 2.30. The van der Waals surface area contributed by atoms with Gasteiger partial charge in [-0.1, -0.05) is 0 Å². The molecular weight excluding hydrogens is 230 g/mol. The molecule has 17 heavy (non-hydrogen) atoms. The van der Waals surface area contributed by atoms with Crippen LogP contribution in [-0.2, 0) is 0 Å². The van der Waals surface area contributed by atoms with E-state index in [1.165, 1.54) is 4.90 Å². The van der Waals surface area contributed by atoms with E-state index in [1.807, 2.05) is 0 Å². The molecule has 1 aromatic heterocycles. The molecule has 6 heteroatoms. The Balaban J connectivity index is 2.28. The van der Waals surface area contributed by atoms with Crippen LogP contribution in [0.15, 0.2) is 12.3 Å². The summed E-state index contributed by atoms with van der Waals surface area (Å²) in [5.41, 5.74) is -0.335. The molecule has 2 rings (SSSR count). The lowest BCUT2D eigenvalue weighted by Gasteiger charge is -2.23. The molecule has 1 atom stereocenters. The van der Waals surface area contributed by atoms with Crippen LogP contribution in [0.2, 0.25) is 0 Å². The molecule has 4 nitrogen and oxygen atoms in total. The van der Waals surface area contributed by atoms with Gasteiger partial charge < -0.3 is 10.0 Å². The van der Waals surface area contributed by atoms with Gasteiger partial charge in [0.25, 0.3) is 5.91 Å². The number of hydrogen-bond acceptors (Lipinski definition) is 3. The molecule has 1 aliphatic rings. The van der Waals surface area contributed by atoms with Crippen LogP contribution in [0.25, 0.3) is 0 Å². The maximum absolute atomic E-state index is 13.4. The van der Waals surface area contributed by atoms with Gasteiger partial charge in [0.1, 0.15) is 0 Å². The first-order valence-corrected chi connectivity index (χ1v) is 5.37. The van der Waals surface area contributed by atoms with E-state index >= 15 is 0 Å². The Morgan fingerprint density at radius 3 is 3.06 bits per heavy atom. The predicted octanol–water partition coefficient (Wildman–Crippen LogP) is 0.957. The SMILES string of the molecule is O=C(c1ccnc(F)c1F)N1CCC[C@H]1CO. The Morgan fingerprint density at radius 2 is 2.35 bits per heavy atom. The molecule has 1 fully saturated rings. The van der Waals surface area contributed by atoms with E-state index < -0.39 is 17.7 Å². The van der Waals surface area contributed by atoms with Gasteiger partial charge in [0.2, 0.25) is 5.95 Å². The van der Waals surface area contributed by atoms with E-state index in [-0.39, 0.29) is 18.2 Å². The van der Waals surface area contributed by atoms with Gasteiger partial charge in [0.15, 0.2) is 5.82 Å². The second-order valence-corrected chi connectivity index (χ2v) is 3.94. The molecule has 0 aromatic carbocycles. The largest absolute Gasteiger partial charge is 0.394 e. The second-order valence-electron chi connectivity index (χ2n) is 3.94. The minimum absolute atomic E-state index is 0.166. The van der Waals surface area contributed by atoms with Crippen molar-refractivity contribution in [2.45, 2.75) is 18.9 Å². The van der Waals surface area contributed by atoms with E-state index in [0.717, 1.165) is 18.7 Å². The molecule has 1 amide bonds. The number of pyridine rings is 1. The summed E-state index contributed by atoms with van der Waals surface area (Å²) in [5.74, 6) is -3.11. The molecule has 2 heterocycles. The summed E-state index contributed by atoms with van der Waals surface area (Å²) in [7, 11) is 0. The van der Waals surface area contributed by atoms with Gasteiger partial charge >= 0.3 is 0 Å². The third-order valence-corrected chi connectivity index (χ3v) is 2.93. The topological polar surface area (TPSA) is 53.4 Å². The van der Waals surface area contributed by atoms with Crippen molar-refractivity contribution in [1.82, 2.24) is 9.88 Å². The highest BCUT2D eigenvalue weighted by molar-refractivity contribution is 5.94.